The van der Waals surface area contributed by atoms with Crippen LogP contribution in [0.5, 0.6) is 0 Å². The zero-order valence-electron chi connectivity index (χ0n) is 11.0. The van der Waals surface area contributed by atoms with Crippen LogP contribution in [-0.2, 0) is 4.74 Å². The highest BCUT2D eigenvalue weighted by molar-refractivity contribution is 4.84. The third-order valence-electron chi connectivity index (χ3n) is 3.60. The average Bonchev–Trinajstić information content (AvgIpc) is 2.58. The molecule has 0 bridgehead atoms. The minimum Gasteiger partial charge on any atom is -0.391 e. The van der Waals surface area contributed by atoms with Gasteiger partial charge in [0.1, 0.15) is 0 Å². The van der Waals surface area contributed by atoms with E-state index < -0.39 is 0 Å². The molecule has 1 N–H and O–H groups in total. The summed E-state index contributed by atoms with van der Waals surface area (Å²) >= 11 is 0. The third-order valence-corrected chi connectivity index (χ3v) is 3.60. The molecule has 96 valence electrons. The predicted molar refractivity (Wildman–Crippen MR) is 67.6 cm³/mol. The van der Waals surface area contributed by atoms with Crippen LogP contribution in [0.25, 0.3) is 0 Å². The largest absolute Gasteiger partial charge is 0.391 e. The van der Waals surface area contributed by atoms with E-state index in [-0.39, 0.29) is 11.7 Å². The molecule has 0 aromatic carbocycles. The Labute approximate surface area is 100 Å². The van der Waals surface area contributed by atoms with Gasteiger partial charge in [0.05, 0.1) is 18.3 Å². The van der Waals surface area contributed by atoms with E-state index >= 15 is 0 Å². The zero-order chi connectivity index (χ0) is 11.9. The topological polar surface area (TPSA) is 29.5 Å². The van der Waals surface area contributed by atoms with Gasteiger partial charge < -0.3 is 9.84 Å². The van der Waals surface area contributed by atoms with E-state index in [1.54, 1.807) is 0 Å². The van der Waals surface area contributed by atoms with Gasteiger partial charge in [-0.25, -0.2) is 0 Å². The summed E-state index contributed by atoms with van der Waals surface area (Å²) < 4.78 is 5.65. The van der Waals surface area contributed by atoms with Crippen molar-refractivity contribution in [2.45, 2.75) is 83.3 Å². The lowest BCUT2D eigenvalue weighted by Crippen LogP contribution is -2.23. The summed E-state index contributed by atoms with van der Waals surface area (Å²) in [5, 5.41) is 9.44. The Morgan fingerprint density at radius 2 is 1.75 bits per heavy atom. The van der Waals surface area contributed by atoms with Crippen LogP contribution >= 0.6 is 0 Å². The lowest BCUT2D eigenvalue weighted by molar-refractivity contribution is 0.00768. The second-order valence-corrected chi connectivity index (χ2v) is 5.49. The van der Waals surface area contributed by atoms with Crippen LogP contribution < -0.4 is 0 Å². The van der Waals surface area contributed by atoms with Crippen molar-refractivity contribution in [2.75, 3.05) is 6.61 Å². The van der Waals surface area contributed by atoms with E-state index in [9.17, 15) is 5.11 Å². The van der Waals surface area contributed by atoms with Crippen LogP contribution in [0.4, 0.5) is 0 Å². The zero-order valence-corrected chi connectivity index (χ0v) is 11.0. The Bertz CT molecular complexity index is 182. The minimum atomic E-state index is -0.227. The third kappa shape index (κ3) is 5.31. The quantitative estimate of drug-likeness (QED) is 0.642. The lowest BCUT2D eigenvalue weighted by atomic mass is 9.94. The molecule has 0 aliphatic carbocycles. The molecule has 0 saturated carbocycles. The monoisotopic (exact) mass is 228 g/mol. The van der Waals surface area contributed by atoms with Gasteiger partial charge in [-0.3, -0.25) is 0 Å². The lowest BCUT2D eigenvalue weighted by Gasteiger charge is -2.22. The highest BCUT2D eigenvalue weighted by atomic mass is 16.5. The molecule has 1 aliphatic heterocycles. The molecule has 1 rings (SSSR count). The molecular weight excluding hydrogens is 200 g/mol. The fourth-order valence-electron chi connectivity index (χ4n) is 2.54. The highest BCUT2D eigenvalue weighted by Gasteiger charge is 2.34. The number of unbranched alkanes of at least 4 members (excludes halogenated alkanes) is 6. The summed E-state index contributed by atoms with van der Waals surface area (Å²) in [6.07, 6.45) is 11.1. The Morgan fingerprint density at radius 3 is 2.31 bits per heavy atom. The first-order chi connectivity index (χ1) is 7.66. The number of ether oxygens (including phenoxy) is 1. The van der Waals surface area contributed by atoms with E-state index in [0.29, 0.717) is 6.61 Å². The molecule has 0 amide bonds. The van der Waals surface area contributed by atoms with Gasteiger partial charge >= 0.3 is 0 Å². The molecule has 2 nitrogen and oxygen atoms in total. The summed E-state index contributed by atoms with van der Waals surface area (Å²) in [5.41, 5.74) is -0.0389. The Hall–Kier alpha value is -0.0800. The van der Waals surface area contributed by atoms with Gasteiger partial charge in [-0.1, -0.05) is 51.9 Å². The van der Waals surface area contributed by atoms with Crippen LogP contribution in [0.3, 0.4) is 0 Å². The van der Waals surface area contributed by atoms with Crippen molar-refractivity contribution < 1.29 is 9.84 Å². The molecule has 16 heavy (non-hydrogen) atoms. The molecule has 1 aliphatic rings. The van der Waals surface area contributed by atoms with Gasteiger partial charge in [0, 0.05) is 6.42 Å². The molecule has 0 radical (unpaired) electrons. The van der Waals surface area contributed by atoms with E-state index in [4.69, 9.17) is 4.74 Å². The Balaban J connectivity index is 1.94. The predicted octanol–water partition coefficient (Wildman–Crippen LogP) is 3.67. The molecule has 0 aromatic rings. The molecule has 0 spiro atoms. The molecule has 2 unspecified atom stereocenters. The number of aliphatic hydroxyl groups excluding tert-OH is 1. The van der Waals surface area contributed by atoms with Crippen LogP contribution in [0.1, 0.15) is 71.6 Å². The Kier molecular flexibility index (Phi) is 6.37. The summed E-state index contributed by atoms with van der Waals surface area (Å²) in [6.45, 7) is 4.93. The fraction of sp³-hybridized carbons (Fsp3) is 1.00. The summed E-state index contributed by atoms with van der Waals surface area (Å²) in [6, 6.07) is 0. The van der Waals surface area contributed by atoms with Crippen molar-refractivity contribution in [3.63, 3.8) is 0 Å². The molecule has 2 atom stereocenters. The number of rotatable bonds is 8. The number of hydrogen-bond acceptors (Lipinski definition) is 2. The molecule has 0 aromatic heterocycles. The van der Waals surface area contributed by atoms with E-state index in [1.165, 1.54) is 44.9 Å². The molecule has 1 saturated heterocycles. The first kappa shape index (κ1) is 14.0. The number of aliphatic hydroxyl groups is 1. The Morgan fingerprint density at radius 1 is 1.12 bits per heavy atom. The van der Waals surface area contributed by atoms with Gasteiger partial charge in [0.25, 0.3) is 0 Å². The van der Waals surface area contributed by atoms with Gasteiger partial charge in [-0.05, 0) is 13.3 Å². The first-order valence-electron chi connectivity index (χ1n) is 6.98. The SMILES string of the molecule is CCCCCCCCCC1(C)CC(O)CO1. The summed E-state index contributed by atoms with van der Waals surface area (Å²) in [4.78, 5) is 0. The minimum absolute atomic E-state index is 0.0389. The smallest absolute Gasteiger partial charge is 0.0801 e. The summed E-state index contributed by atoms with van der Waals surface area (Å²) in [7, 11) is 0. The normalized spacial score (nSPS) is 29.8. The highest BCUT2D eigenvalue weighted by Crippen LogP contribution is 2.30. The second kappa shape index (κ2) is 7.29. The molecule has 2 heteroatoms. The second-order valence-electron chi connectivity index (χ2n) is 5.49. The van der Waals surface area contributed by atoms with Crippen molar-refractivity contribution in [3.8, 4) is 0 Å². The van der Waals surface area contributed by atoms with Crippen LogP contribution in [0.2, 0.25) is 0 Å². The van der Waals surface area contributed by atoms with E-state index in [1.807, 2.05) is 0 Å². The maximum atomic E-state index is 9.44. The fourth-order valence-corrected chi connectivity index (χ4v) is 2.54. The van der Waals surface area contributed by atoms with Crippen molar-refractivity contribution in [1.29, 1.82) is 0 Å². The van der Waals surface area contributed by atoms with Crippen molar-refractivity contribution in [1.82, 2.24) is 0 Å². The number of hydrogen-bond donors (Lipinski definition) is 1. The standard InChI is InChI=1S/C14H28O2/c1-3-4-5-6-7-8-9-10-14(2)11-13(15)12-16-14/h13,15H,3-12H2,1-2H3. The van der Waals surface area contributed by atoms with Gasteiger partial charge in [-0.15, -0.1) is 0 Å². The van der Waals surface area contributed by atoms with E-state index in [2.05, 4.69) is 13.8 Å². The average molecular weight is 228 g/mol. The van der Waals surface area contributed by atoms with E-state index in [0.717, 1.165) is 12.8 Å². The summed E-state index contributed by atoms with van der Waals surface area (Å²) in [5.74, 6) is 0. The van der Waals surface area contributed by atoms with Gasteiger partial charge in [0.15, 0.2) is 0 Å². The first-order valence-corrected chi connectivity index (χ1v) is 6.98. The van der Waals surface area contributed by atoms with Gasteiger partial charge in [-0.2, -0.15) is 0 Å². The van der Waals surface area contributed by atoms with Gasteiger partial charge in [0.2, 0.25) is 0 Å². The molecule has 1 heterocycles. The van der Waals surface area contributed by atoms with Crippen LogP contribution in [-0.4, -0.2) is 23.4 Å². The van der Waals surface area contributed by atoms with Crippen molar-refractivity contribution in [2.24, 2.45) is 0 Å². The molecule has 1 fully saturated rings. The maximum absolute atomic E-state index is 9.44. The molecular formula is C14H28O2. The van der Waals surface area contributed by atoms with Crippen molar-refractivity contribution >= 4 is 0 Å². The van der Waals surface area contributed by atoms with Crippen LogP contribution in [0, 0.1) is 0 Å². The van der Waals surface area contributed by atoms with Crippen LogP contribution in [0.15, 0.2) is 0 Å². The maximum Gasteiger partial charge on any atom is 0.0801 e. The van der Waals surface area contributed by atoms with Crippen molar-refractivity contribution in [3.05, 3.63) is 0 Å².